The van der Waals surface area contributed by atoms with E-state index in [0.29, 0.717) is 29.2 Å². The molecule has 0 bridgehead atoms. The third-order valence-corrected chi connectivity index (χ3v) is 11.8. The Labute approximate surface area is 235 Å². The van der Waals surface area contributed by atoms with Gasteiger partial charge in [-0.2, -0.15) is 4.39 Å². The molecule has 1 saturated heterocycles. The van der Waals surface area contributed by atoms with E-state index in [1.54, 1.807) is 40.2 Å². The second-order valence-electron chi connectivity index (χ2n) is 9.65. The number of alkyl halides is 2. The zero-order chi connectivity index (χ0) is 26.9. The van der Waals surface area contributed by atoms with Gasteiger partial charge in [0.1, 0.15) is 0 Å². The number of hydrogen-bond acceptors (Lipinski definition) is 7. The van der Waals surface area contributed by atoms with Crippen molar-refractivity contribution < 1.29 is 14.3 Å². The van der Waals surface area contributed by atoms with Gasteiger partial charge in [0.25, 0.3) is 0 Å². The number of carbonyl (C=O) groups is 1. The molecule has 1 fully saturated rings. The molecule has 0 aliphatic carbocycles. The Kier molecular flexibility index (Phi) is 7.94. The molecule has 1 aliphatic rings. The van der Waals surface area contributed by atoms with E-state index in [-0.39, 0.29) is 11.6 Å². The average molecular weight is 663 g/mol. The third-order valence-electron chi connectivity index (χ3n) is 6.04. The minimum absolute atomic E-state index is 0.273. The van der Waals surface area contributed by atoms with Gasteiger partial charge in [0, 0.05) is 6.20 Å². The standard InChI is InChI=1S/C28H28FIN4O2S2/c1-28(2,36)6-8-31-14-19-10-23(21(18-5-9-37-15-18)12-20(19)22-13-30(22)3)33-26(35)24-16-38-27(34-24)17-4-7-32-25(29)11-17/h4-5,7,9-12,14-16,31,36H,6,8,13H2,1-3H3,(H,33,35)/b19-14-,22-20-. The van der Waals surface area contributed by atoms with Crippen LogP contribution in [0, 0.1) is 5.95 Å². The maximum absolute atomic E-state index is 13.6. The molecule has 6 nitrogen and oxygen atoms in total. The average Bonchev–Trinajstić information content (AvgIpc) is 3.27. The molecule has 1 aromatic carbocycles. The van der Waals surface area contributed by atoms with Gasteiger partial charge >= 0.3 is 215 Å². The van der Waals surface area contributed by atoms with E-state index < -0.39 is 31.4 Å². The fraction of sp³-hybridized carbons (Fsp3) is 0.250. The van der Waals surface area contributed by atoms with E-state index in [9.17, 15) is 14.3 Å². The second-order valence-corrected chi connectivity index (χ2v) is 16.7. The van der Waals surface area contributed by atoms with Crippen molar-refractivity contribution in [3.63, 3.8) is 0 Å². The van der Waals surface area contributed by atoms with Crippen LogP contribution in [-0.2, 0) is 0 Å². The predicted octanol–water partition coefficient (Wildman–Crippen LogP) is 5.07. The van der Waals surface area contributed by atoms with Crippen LogP contribution in [0.2, 0.25) is 0 Å². The van der Waals surface area contributed by atoms with E-state index >= 15 is 0 Å². The number of hydrogen-bond donors (Lipinski definition) is 3. The Bertz CT molecular complexity index is 1600. The van der Waals surface area contributed by atoms with E-state index in [1.807, 2.05) is 17.6 Å². The van der Waals surface area contributed by atoms with Crippen molar-refractivity contribution in [1.29, 1.82) is 0 Å². The Morgan fingerprint density at radius 2 is 2.05 bits per heavy atom. The molecule has 3 N–H and O–H groups in total. The molecule has 3 aromatic heterocycles. The fourth-order valence-electron chi connectivity index (χ4n) is 3.92. The molecule has 38 heavy (non-hydrogen) atoms. The van der Waals surface area contributed by atoms with Crippen molar-refractivity contribution >= 4 is 63.9 Å². The zero-order valence-corrected chi connectivity index (χ0v) is 25.0. The summed E-state index contributed by atoms with van der Waals surface area (Å²) >= 11 is 1.88. The molecule has 1 aliphatic heterocycles. The van der Waals surface area contributed by atoms with Gasteiger partial charge in [-0.15, -0.1) is 0 Å². The number of aliphatic hydroxyl groups is 1. The number of benzene rings is 1. The fourth-order valence-corrected chi connectivity index (χ4v) is 10.0. The van der Waals surface area contributed by atoms with Crippen LogP contribution in [0.4, 0.5) is 10.1 Å². The van der Waals surface area contributed by atoms with E-state index in [1.165, 1.54) is 33.2 Å². The third kappa shape index (κ3) is 6.48. The van der Waals surface area contributed by atoms with Crippen molar-refractivity contribution in [2.24, 2.45) is 0 Å². The molecule has 0 atom stereocenters. The first-order valence-electron chi connectivity index (χ1n) is 12.0. The quantitative estimate of drug-likeness (QED) is 0.106. The number of nitrogens with one attached hydrogen (secondary N) is 2. The molecule has 0 saturated carbocycles. The van der Waals surface area contributed by atoms with Crippen LogP contribution in [-0.4, -0.2) is 42.5 Å². The summed E-state index contributed by atoms with van der Waals surface area (Å²) in [5, 5.41) is 25.1. The summed E-state index contributed by atoms with van der Waals surface area (Å²) in [6.07, 6.45) is 3.99. The van der Waals surface area contributed by atoms with Crippen LogP contribution < -0.4 is 21.1 Å². The van der Waals surface area contributed by atoms with Crippen LogP contribution in [0.3, 0.4) is 0 Å². The number of rotatable bonds is 8. The summed E-state index contributed by atoms with van der Waals surface area (Å²) in [6, 6.07) is 9.26. The first-order valence-corrected chi connectivity index (χ1v) is 18.6. The van der Waals surface area contributed by atoms with Crippen molar-refractivity contribution in [3.05, 3.63) is 74.7 Å². The minimum atomic E-state index is -1.02. The summed E-state index contributed by atoms with van der Waals surface area (Å²) in [4.78, 5) is 23.7. The zero-order valence-electron chi connectivity index (χ0n) is 21.2. The number of amides is 1. The SMILES string of the molecule is CI1C/C1=c1\cc(-c2ccsc2)c(NC(=O)c2csc(-c3ccnc(F)c3)n2)c\c1=C\NCCC(C)(C)O. The molecule has 198 valence electrons. The van der Waals surface area contributed by atoms with Gasteiger partial charge in [-0.3, -0.25) is 0 Å². The topological polar surface area (TPSA) is 87.1 Å². The number of carbonyl (C=O) groups excluding carboxylic acids is 1. The van der Waals surface area contributed by atoms with E-state index in [4.69, 9.17) is 0 Å². The van der Waals surface area contributed by atoms with Crippen molar-refractivity contribution in [2.75, 3.05) is 21.2 Å². The normalized spacial score (nSPS) is 16.0. The molecule has 0 radical (unpaired) electrons. The molecule has 1 amide bonds. The molecule has 0 unspecified atom stereocenters. The van der Waals surface area contributed by atoms with Gasteiger partial charge < -0.3 is 0 Å². The summed E-state index contributed by atoms with van der Waals surface area (Å²) in [6.45, 7) is 4.23. The summed E-state index contributed by atoms with van der Waals surface area (Å²) in [5.41, 5.74) is 2.84. The van der Waals surface area contributed by atoms with Gasteiger partial charge in [0.05, 0.1) is 0 Å². The molecule has 5 rings (SSSR count). The first kappa shape index (κ1) is 26.9. The molecular weight excluding hydrogens is 634 g/mol. The van der Waals surface area contributed by atoms with Gasteiger partial charge in [-0.25, -0.2) is 4.98 Å². The molecule has 4 aromatic rings. The number of pyridine rings is 1. The summed E-state index contributed by atoms with van der Waals surface area (Å²) < 4.78 is 16.3. The van der Waals surface area contributed by atoms with Gasteiger partial charge in [-0.05, 0) is 0 Å². The Morgan fingerprint density at radius 3 is 2.74 bits per heavy atom. The van der Waals surface area contributed by atoms with Crippen LogP contribution in [0.15, 0.2) is 52.7 Å². The number of thiazole rings is 1. The molecular formula is C28H28FIN4O2S2. The van der Waals surface area contributed by atoms with Crippen LogP contribution >= 0.6 is 42.5 Å². The number of halogens is 2. The van der Waals surface area contributed by atoms with Gasteiger partial charge in [0.15, 0.2) is 0 Å². The van der Waals surface area contributed by atoms with Crippen molar-refractivity contribution in [3.8, 4) is 21.7 Å². The Balaban J connectivity index is 1.50. The number of thiophene rings is 1. The Hall–Kier alpha value is -2.67. The van der Waals surface area contributed by atoms with Crippen molar-refractivity contribution in [1.82, 2.24) is 15.3 Å². The Morgan fingerprint density at radius 1 is 1.24 bits per heavy atom. The summed E-state index contributed by atoms with van der Waals surface area (Å²) in [7, 11) is 0. The molecule has 10 heteroatoms. The van der Waals surface area contributed by atoms with Crippen LogP contribution in [0.25, 0.3) is 31.5 Å². The van der Waals surface area contributed by atoms with Crippen LogP contribution in [0.5, 0.6) is 0 Å². The first-order chi connectivity index (χ1) is 18.2. The van der Waals surface area contributed by atoms with Gasteiger partial charge in [0.2, 0.25) is 5.95 Å². The molecule has 4 heterocycles. The molecule has 0 spiro atoms. The summed E-state index contributed by atoms with van der Waals surface area (Å²) in [5.74, 6) is -0.911. The monoisotopic (exact) mass is 662 g/mol. The van der Waals surface area contributed by atoms with Gasteiger partial charge in [-0.1, -0.05) is 0 Å². The van der Waals surface area contributed by atoms with Crippen molar-refractivity contribution in [2.45, 2.75) is 25.9 Å². The van der Waals surface area contributed by atoms with E-state index in [2.05, 4.69) is 43.0 Å². The number of aromatic nitrogens is 2. The second kappa shape index (κ2) is 11.2. The predicted molar refractivity (Wildman–Crippen MR) is 164 cm³/mol. The maximum atomic E-state index is 13.6. The van der Waals surface area contributed by atoms with Crippen LogP contribution in [0.1, 0.15) is 30.8 Å². The number of anilines is 1. The number of nitrogens with zero attached hydrogens (tertiary/aromatic N) is 2. The van der Waals surface area contributed by atoms with E-state index in [0.717, 1.165) is 16.3 Å².